The second-order valence-corrected chi connectivity index (χ2v) is 7.76. The summed E-state index contributed by atoms with van der Waals surface area (Å²) in [5.41, 5.74) is 1.21. The highest BCUT2D eigenvalue weighted by Gasteiger charge is 2.53. The number of carbonyl (C=O) groups excluding carboxylic acids is 1. The highest BCUT2D eigenvalue weighted by molar-refractivity contribution is 5.74. The van der Waals surface area contributed by atoms with Crippen LogP contribution in [-0.2, 0) is 6.42 Å². The van der Waals surface area contributed by atoms with E-state index in [0.717, 1.165) is 35.8 Å². The quantitative estimate of drug-likeness (QED) is 0.871. The van der Waals surface area contributed by atoms with Gasteiger partial charge in [0.1, 0.15) is 5.75 Å². The minimum Gasteiger partial charge on any atom is -0.497 e. The van der Waals surface area contributed by atoms with Crippen molar-refractivity contribution in [1.82, 2.24) is 10.6 Å². The molecule has 0 unspecified atom stereocenters. The first-order valence-corrected chi connectivity index (χ1v) is 9.42. The average Bonchev–Trinajstić information content (AvgIpc) is 3.28. The number of methoxy groups -OCH3 is 1. The summed E-state index contributed by atoms with van der Waals surface area (Å²) >= 11 is 0. The average molecular weight is 328 g/mol. The van der Waals surface area contributed by atoms with Gasteiger partial charge in [0.2, 0.25) is 0 Å². The SMILES string of the molecule is COc1ccc(CCNC(=O)N[C@@H]2C[C@H]3C[C@H]2[C@@H]2CCC[C@@H]32)cc1. The van der Waals surface area contributed by atoms with E-state index in [0.29, 0.717) is 12.6 Å². The number of amides is 2. The molecule has 3 aliphatic rings. The maximum Gasteiger partial charge on any atom is 0.315 e. The van der Waals surface area contributed by atoms with E-state index >= 15 is 0 Å². The number of nitrogens with one attached hydrogen (secondary N) is 2. The van der Waals surface area contributed by atoms with Gasteiger partial charge in [0, 0.05) is 12.6 Å². The van der Waals surface area contributed by atoms with E-state index in [9.17, 15) is 4.79 Å². The molecule has 3 aliphatic carbocycles. The summed E-state index contributed by atoms with van der Waals surface area (Å²) in [6.07, 6.45) is 7.64. The Bertz CT molecular complexity index is 586. The number of hydrogen-bond acceptors (Lipinski definition) is 2. The zero-order valence-electron chi connectivity index (χ0n) is 14.5. The van der Waals surface area contributed by atoms with Gasteiger partial charge < -0.3 is 15.4 Å². The summed E-state index contributed by atoms with van der Waals surface area (Å²) in [7, 11) is 1.67. The van der Waals surface area contributed by atoms with Crippen molar-refractivity contribution in [3.8, 4) is 5.75 Å². The third-order valence-electron chi connectivity index (χ3n) is 6.60. The number of benzene rings is 1. The van der Waals surface area contributed by atoms with Gasteiger partial charge >= 0.3 is 6.03 Å². The topological polar surface area (TPSA) is 50.4 Å². The molecule has 1 aromatic rings. The molecule has 24 heavy (non-hydrogen) atoms. The van der Waals surface area contributed by atoms with Crippen LogP contribution in [0.5, 0.6) is 5.75 Å². The molecule has 1 aromatic carbocycles. The molecular weight excluding hydrogens is 300 g/mol. The molecule has 130 valence electrons. The molecule has 4 nitrogen and oxygen atoms in total. The van der Waals surface area contributed by atoms with Crippen molar-refractivity contribution in [1.29, 1.82) is 0 Å². The maximum absolute atomic E-state index is 12.2. The maximum atomic E-state index is 12.2. The van der Waals surface area contributed by atoms with Gasteiger partial charge in [-0.2, -0.15) is 0 Å². The van der Waals surface area contributed by atoms with Gasteiger partial charge in [0.05, 0.1) is 7.11 Å². The van der Waals surface area contributed by atoms with Crippen LogP contribution < -0.4 is 15.4 Å². The van der Waals surface area contributed by atoms with E-state index in [1.807, 2.05) is 12.1 Å². The third-order valence-corrected chi connectivity index (χ3v) is 6.60. The first kappa shape index (κ1) is 15.8. The molecule has 3 saturated carbocycles. The third kappa shape index (κ3) is 2.99. The van der Waals surface area contributed by atoms with Crippen LogP contribution in [0.3, 0.4) is 0 Å². The smallest absolute Gasteiger partial charge is 0.315 e. The molecule has 0 radical (unpaired) electrons. The van der Waals surface area contributed by atoms with Gasteiger partial charge in [-0.25, -0.2) is 4.79 Å². The predicted octanol–water partition coefficient (Wildman–Crippen LogP) is 3.36. The minimum atomic E-state index is 0.00982. The predicted molar refractivity (Wildman–Crippen MR) is 94.1 cm³/mol. The summed E-state index contributed by atoms with van der Waals surface area (Å²) in [6.45, 7) is 0.672. The van der Waals surface area contributed by atoms with Crippen molar-refractivity contribution in [2.24, 2.45) is 23.7 Å². The van der Waals surface area contributed by atoms with Crippen molar-refractivity contribution in [3.63, 3.8) is 0 Å². The Morgan fingerprint density at radius 1 is 1.12 bits per heavy atom. The number of rotatable bonds is 5. The molecule has 2 amide bonds. The molecule has 2 N–H and O–H groups in total. The molecule has 3 fully saturated rings. The summed E-state index contributed by atoms with van der Waals surface area (Å²) in [5.74, 6) is 4.37. The number of hydrogen-bond donors (Lipinski definition) is 2. The van der Waals surface area contributed by atoms with Crippen LogP contribution in [0.15, 0.2) is 24.3 Å². The lowest BCUT2D eigenvalue weighted by atomic mass is 9.79. The van der Waals surface area contributed by atoms with Crippen LogP contribution in [0.2, 0.25) is 0 Å². The molecule has 0 saturated heterocycles. The second kappa shape index (κ2) is 6.66. The van der Waals surface area contributed by atoms with Crippen LogP contribution in [0.25, 0.3) is 0 Å². The molecule has 0 heterocycles. The van der Waals surface area contributed by atoms with Gasteiger partial charge in [-0.05, 0) is 73.5 Å². The number of urea groups is 1. The van der Waals surface area contributed by atoms with Crippen LogP contribution in [-0.4, -0.2) is 25.7 Å². The van der Waals surface area contributed by atoms with Crippen LogP contribution in [0.1, 0.15) is 37.7 Å². The first-order chi connectivity index (χ1) is 11.7. The Balaban J connectivity index is 1.21. The Morgan fingerprint density at radius 3 is 2.71 bits per heavy atom. The zero-order chi connectivity index (χ0) is 16.5. The number of fused-ring (bicyclic) bond motifs is 5. The lowest BCUT2D eigenvalue weighted by molar-refractivity contribution is 0.198. The second-order valence-electron chi connectivity index (χ2n) is 7.76. The Labute approximate surface area is 144 Å². The van der Waals surface area contributed by atoms with E-state index in [-0.39, 0.29) is 6.03 Å². The van der Waals surface area contributed by atoms with Gasteiger partial charge in [-0.3, -0.25) is 0 Å². The Kier molecular flexibility index (Phi) is 4.38. The monoisotopic (exact) mass is 328 g/mol. The lowest BCUT2D eigenvalue weighted by Gasteiger charge is -2.32. The van der Waals surface area contributed by atoms with E-state index in [2.05, 4.69) is 22.8 Å². The number of carbonyl (C=O) groups is 1. The van der Waals surface area contributed by atoms with Gasteiger partial charge in [0.25, 0.3) is 0 Å². The largest absolute Gasteiger partial charge is 0.497 e. The Morgan fingerprint density at radius 2 is 1.92 bits per heavy atom. The highest BCUT2D eigenvalue weighted by Crippen LogP contribution is 2.58. The molecule has 5 atom stereocenters. The molecule has 0 aromatic heterocycles. The van der Waals surface area contributed by atoms with Crippen molar-refractivity contribution < 1.29 is 9.53 Å². The first-order valence-electron chi connectivity index (χ1n) is 9.42. The fraction of sp³-hybridized carbons (Fsp3) is 0.650. The molecule has 0 spiro atoms. The number of ether oxygens (including phenoxy) is 1. The standard InChI is InChI=1S/C20H28N2O2/c1-24-15-7-5-13(6-8-15)9-10-21-20(23)22-19-12-14-11-18(19)17-4-2-3-16(14)17/h5-8,14,16-19H,2-4,9-12H2,1H3,(H2,21,22,23)/t14-,16+,17-,18+,19-/m1/s1. The molecule has 4 rings (SSSR count). The molecular formula is C20H28N2O2. The van der Waals surface area contributed by atoms with Crippen molar-refractivity contribution in [2.45, 2.75) is 44.6 Å². The molecule has 2 bridgehead atoms. The fourth-order valence-electron chi connectivity index (χ4n) is 5.57. The van der Waals surface area contributed by atoms with Crippen molar-refractivity contribution in [3.05, 3.63) is 29.8 Å². The van der Waals surface area contributed by atoms with E-state index in [1.165, 1.54) is 37.7 Å². The van der Waals surface area contributed by atoms with E-state index in [1.54, 1.807) is 7.11 Å². The summed E-state index contributed by atoms with van der Waals surface area (Å²) < 4.78 is 5.16. The van der Waals surface area contributed by atoms with E-state index in [4.69, 9.17) is 4.74 Å². The fourth-order valence-corrected chi connectivity index (χ4v) is 5.57. The highest BCUT2D eigenvalue weighted by atomic mass is 16.5. The van der Waals surface area contributed by atoms with E-state index < -0.39 is 0 Å². The van der Waals surface area contributed by atoms with Gasteiger partial charge in [0.15, 0.2) is 0 Å². The van der Waals surface area contributed by atoms with Crippen molar-refractivity contribution >= 4 is 6.03 Å². The van der Waals surface area contributed by atoms with Crippen LogP contribution in [0, 0.1) is 23.7 Å². The molecule has 0 aliphatic heterocycles. The minimum absolute atomic E-state index is 0.00982. The summed E-state index contributed by atoms with van der Waals surface area (Å²) in [5, 5.41) is 6.28. The normalized spacial score (nSPS) is 33.3. The lowest BCUT2D eigenvalue weighted by Crippen LogP contribution is -2.47. The van der Waals surface area contributed by atoms with Crippen LogP contribution >= 0.6 is 0 Å². The Hall–Kier alpha value is -1.71. The van der Waals surface area contributed by atoms with Crippen LogP contribution in [0.4, 0.5) is 4.79 Å². The summed E-state index contributed by atoms with van der Waals surface area (Å²) in [4.78, 5) is 12.2. The molecule has 4 heteroatoms. The zero-order valence-corrected chi connectivity index (χ0v) is 14.5. The summed E-state index contributed by atoms with van der Waals surface area (Å²) in [6, 6.07) is 8.44. The van der Waals surface area contributed by atoms with Crippen molar-refractivity contribution in [2.75, 3.05) is 13.7 Å². The van der Waals surface area contributed by atoms with Gasteiger partial charge in [-0.15, -0.1) is 0 Å². The van der Waals surface area contributed by atoms with Gasteiger partial charge in [-0.1, -0.05) is 18.6 Å².